The van der Waals surface area contributed by atoms with Crippen LogP contribution in [0, 0.1) is 5.82 Å². The second kappa shape index (κ2) is 7.45. The predicted molar refractivity (Wildman–Crippen MR) is 85.3 cm³/mol. The molecule has 2 aromatic carbocycles. The first-order valence-electron chi connectivity index (χ1n) is 6.02. The number of anilines is 1. The minimum atomic E-state index is -0.420. The van der Waals surface area contributed by atoms with Gasteiger partial charge in [-0.25, -0.2) is 4.39 Å². The van der Waals surface area contributed by atoms with Crippen LogP contribution in [0.1, 0.15) is 5.56 Å². The Balaban J connectivity index is 1.82. The molecule has 0 saturated heterocycles. The van der Waals surface area contributed by atoms with Gasteiger partial charge in [-0.3, -0.25) is 4.79 Å². The molecule has 0 bridgehead atoms. The Kier molecular flexibility index (Phi) is 5.61. The summed E-state index contributed by atoms with van der Waals surface area (Å²) >= 11 is 4.95. The van der Waals surface area contributed by atoms with Crippen LogP contribution in [0.5, 0.6) is 0 Å². The highest BCUT2D eigenvalue weighted by molar-refractivity contribution is 9.10. The number of thioether (sulfide) groups is 1. The van der Waals surface area contributed by atoms with E-state index in [0.717, 1.165) is 15.8 Å². The summed E-state index contributed by atoms with van der Waals surface area (Å²) in [5.41, 5.74) is 1.36. The number of rotatable bonds is 5. The molecule has 0 fully saturated rings. The summed E-state index contributed by atoms with van der Waals surface area (Å²) in [6.45, 7) is 0. The van der Waals surface area contributed by atoms with Crippen LogP contribution in [0.2, 0.25) is 0 Å². The lowest BCUT2D eigenvalue weighted by atomic mass is 10.2. The van der Waals surface area contributed by atoms with Crippen molar-refractivity contribution >= 4 is 39.3 Å². The van der Waals surface area contributed by atoms with Crippen molar-refractivity contribution in [2.24, 2.45) is 0 Å². The summed E-state index contributed by atoms with van der Waals surface area (Å²) in [5.74, 6) is 0.394. The number of hydrogen-bond acceptors (Lipinski definition) is 2. The van der Waals surface area contributed by atoms with Crippen molar-refractivity contribution in [1.29, 1.82) is 0 Å². The Morgan fingerprint density at radius 2 is 1.85 bits per heavy atom. The molecule has 0 aliphatic rings. The lowest BCUT2D eigenvalue weighted by Crippen LogP contribution is -2.15. The van der Waals surface area contributed by atoms with Gasteiger partial charge in [-0.1, -0.05) is 46.3 Å². The fraction of sp³-hybridized carbons (Fsp3) is 0.133. The van der Waals surface area contributed by atoms with E-state index in [9.17, 15) is 9.18 Å². The van der Waals surface area contributed by atoms with Crippen molar-refractivity contribution in [2.75, 3.05) is 11.1 Å². The molecule has 0 radical (unpaired) electrons. The summed E-state index contributed by atoms with van der Waals surface area (Å²) in [6, 6.07) is 14.0. The van der Waals surface area contributed by atoms with Gasteiger partial charge < -0.3 is 5.32 Å². The van der Waals surface area contributed by atoms with Crippen molar-refractivity contribution in [3.8, 4) is 0 Å². The van der Waals surface area contributed by atoms with Crippen LogP contribution in [0.3, 0.4) is 0 Å². The molecule has 0 spiro atoms. The molecule has 0 heterocycles. The quantitative estimate of drug-likeness (QED) is 0.859. The molecule has 0 aromatic heterocycles. The van der Waals surface area contributed by atoms with Crippen molar-refractivity contribution in [3.63, 3.8) is 0 Å². The number of hydrogen-bond donors (Lipinski definition) is 1. The Bertz CT molecular complexity index is 606. The first-order valence-corrected chi connectivity index (χ1v) is 7.97. The number of nitrogens with one attached hydrogen (secondary N) is 1. The predicted octanol–water partition coefficient (Wildman–Crippen LogP) is 4.46. The molecule has 0 saturated carbocycles. The highest BCUT2D eigenvalue weighted by Gasteiger charge is 2.07. The molecule has 0 unspecified atom stereocenters. The number of para-hydroxylation sites is 1. The van der Waals surface area contributed by atoms with E-state index in [2.05, 4.69) is 21.2 Å². The molecule has 0 aliphatic heterocycles. The highest BCUT2D eigenvalue weighted by atomic mass is 79.9. The standard InChI is InChI=1S/C15H13BrFNOS/c16-12-6-2-1-5-11(12)9-20-10-15(19)18-14-8-4-3-7-13(14)17/h1-8H,9-10H2,(H,18,19). The van der Waals surface area contributed by atoms with Gasteiger partial charge in [0.05, 0.1) is 11.4 Å². The SMILES string of the molecule is O=C(CSCc1ccccc1Br)Nc1ccccc1F. The molecular formula is C15H13BrFNOS. The van der Waals surface area contributed by atoms with Crippen LogP contribution in [0.25, 0.3) is 0 Å². The van der Waals surface area contributed by atoms with Gasteiger partial charge in [0.15, 0.2) is 0 Å². The molecule has 104 valence electrons. The van der Waals surface area contributed by atoms with Gasteiger partial charge in [-0.2, -0.15) is 0 Å². The third kappa shape index (κ3) is 4.35. The average Bonchev–Trinajstić information content (AvgIpc) is 2.43. The monoisotopic (exact) mass is 353 g/mol. The van der Waals surface area contributed by atoms with Gasteiger partial charge in [0.2, 0.25) is 5.91 Å². The third-order valence-corrected chi connectivity index (χ3v) is 4.35. The zero-order chi connectivity index (χ0) is 14.4. The fourth-order valence-electron chi connectivity index (χ4n) is 1.62. The molecular weight excluding hydrogens is 341 g/mol. The zero-order valence-electron chi connectivity index (χ0n) is 10.6. The summed E-state index contributed by atoms with van der Waals surface area (Å²) in [6.07, 6.45) is 0. The van der Waals surface area contributed by atoms with Gasteiger partial charge in [-0.15, -0.1) is 11.8 Å². The number of carbonyl (C=O) groups is 1. The van der Waals surface area contributed by atoms with E-state index in [1.807, 2.05) is 24.3 Å². The van der Waals surface area contributed by atoms with Crippen molar-refractivity contribution in [3.05, 3.63) is 64.4 Å². The molecule has 5 heteroatoms. The van der Waals surface area contributed by atoms with Crippen LogP contribution >= 0.6 is 27.7 Å². The van der Waals surface area contributed by atoms with Crippen molar-refractivity contribution in [2.45, 2.75) is 5.75 Å². The van der Waals surface area contributed by atoms with E-state index in [0.29, 0.717) is 0 Å². The minimum Gasteiger partial charge on any atom is -0.323 e. The van der Waals surface area contributed by atoms with Gasteiger partial charge >= 0.3 is 0 Å². The van der Waals surface area contributed by atoms with E-state index in [1.54, 1.807) is 18.2 Å². The first kappa shape index (κ1) is 15.1. The average molecular weight is 354 g/mol. The fourth-order valence-corrected chi connectivity index (χ4v) is 3.06. The van der Waals surface area contributed by atoms with Crippen molar-refractivity contribution < 1.29 is 9.18 Å². The molecule has 1 N–H and O–H groups in total. The summed E-state index contributed by atoms with van der Waals surface area (Å²) in [7, 11) is 0. The van der Waals surface area contributed by atoms with E-state index in [-0.39, 0.29) is 17.3 Å². The maximum absolute atomic E-state index is 13.4. The van der Waals surface area contributed by atoms with Gasteiger partial charge in [-0.05, 0) is 23.8 Å². The Morgan fingerprint density at radius 3 is 2.60 bits per heavy atom. The normalized spacial score (nSPS) is 10.3. The summed E-state index contributed by atoms with van der Waals surface area (Å²) < 4.78 is 14.4. The molecule has 1 amide bonds. The smallest absolute Gasteiger partial charge is 0.234 e. The van der Waals surface area contributed by atoms with E-state index < -0.39 is 5.82 Å². The maximum Gasteiger partial charge on any atom is 0.234 e. The Labute approximate surface area is 129 Å². The minimum absolute atomic E-state index is 0.202. The molecule has 2 rings (SSSR count). The number of amides is 1. The lowest BCUT2D eigenvalue weighted by Gasteiger charge is -2.07. The van der Waals surface area contributed by atoms with Crippen LogP contribution in [0.15, 0.2) is 53.0 Å². The van der Waals surface area contributed by atoms with Gasteiger partial charge in [0.25, 0.3) is 0 Å². The van der Waals surface area contributed by atoms with Crippen molar-refractivity contribution in [1.82, 2.24) is 0 Å². The molecule has 2 nitrogen and oxygen atoms in total. The number of halogens is 2. The van der Waals surface area contributed by atoms with Crippen LogP contribution in [-0.4, -0.2) is 11.7 Å². The van der Waals surface area contributed by atoms with Gasteiger partial charge in [0, 0.05) is 10.2 Å². The Hall–Kier alpha value is -1.33. The molecule has 0 aliphatic carbocycles. The lowest BCUT2D eigenvalue weighted by molar-refractivity contribution is -0.113. The van der Waals surface area contributed by atoms with E-state index >= 15 is 0 Å². The first-order chi connectivity index (χ1) is 9.66. The van der Waals surface area contributed by atoms with Crippen LogP contribution in [0.4, 0.5) is 10.1 Å². The second-order valence-corrected chi connectivity index (χ2v) is 5.95. The van der Waals surface area contributed by atoms with Gasteiger partial charge in [0.1, 0.15) is 5.82 Å². The largest absolute Gasteiger partial charge is 0.323 e. The third-order valence-electron chi connectivity index (χ3n) is 2.60. The highest BCUT2D eigenvalue weighted by Crippen LogP contribution is 2.21. The number of benzene rings is 2. The zero-order valence-corrected chi connectivity index (χ0v) is 13.0. The molecule has 0 atom stereocenters. The molecule has 2 aromatic rings. The second-order valence-electron chi connectivity index (χ2n) is 4.11. The van der Waals surface area contributed by atoms with E-state index in [1.165, 1.54) is 17.8 Å². The molecule has 20 heavy (non-hydrogen) atoms. The van der Waals surface area contributed by atoms with Crippen LogP contribution < -0.4 is 5.32 Å². The summed E-state index contributed by atoms with van der Waals surface area (Å²) in [4.78, 5) is 11.7. The summed E-state index contributed by atoms with van der Waals surface area (Å²) in [5, 5.41) is 2.56. The van der Waals surface area contributed by atoms with Crippen LogP contribution in [-0.2, 0) is 10.5 Å². The van der Waals surface area contributed by atoms with E-state index in [4.69, 9.17) is 0 Å². The Morgan fingerprint density at radius 1 is 1.15 bits per heavy atom. The number of carbonyl (C=O) groups excluding carboxylic acids is 1. The topological polar surface area (TPSA) is 29.1 Å². The maximum atomic E-state index is 13.4.